The molecule has 0 saturated heterocycles. The van der Waals surface area contributed by atoms with E-state index in [0.29, 0.717) is 23.8 Å². The predicted octanol–water partition coefficient (Wildman–Crippen LogP) is 3.33. The monoisotopic (exact) mass is 412 g/mol. The number of benzene rings is 1. The van der Waals surface area contributed by atoms with Gasteiger partial charge in [0.05, 0.1) is 13.2 Å². The van der Waals surface area contributed by atoms with E-state index in [1.165, 1.54) is 18.1 Å². The molecule has 2 aromatic rings. The molecule has 6 nitrogen and oxygen atoms in total. The van der Waals surface area contributed by atoms with E-state index >= 15 is 0 Å². The lowest BCUT2D eigenvalue weighted by Gasteiger charge is -2.24. The Kier molecular flexibility index (Phi) is 8.46. The van der Waals surface area contributed by atoms with Gasteiger partial charge in [-0.25, -0.2) is 0 Å². The SMILES string of the molecule is CN=C(NCc1cc(OC)ccc1OC(F)F)NCC(c1cccs1)N(C)C. The maximum atomic E-state index is 12.7. The number of nitrogens with one attached hydrogen (secondary N) is 2. The highest BCUT2D eigenvalue weighted by Gasteiger charge is 2.16. The molecule has 0 aliphatic carbocycles. The quantitative estimate of drug-likeness (QED) is 0.489. The van der Waals surface area contributed by atoms with E-state index in [1.807, 2.05) is 25.5 Å². The van der Waals surface area contributed by atoms with Crippen LogP contribution in [0.15, 0.2) is 40.7 Å². The zero-order chi connectivity index (χ0) is 20.5. The Bertz CT molecular complexity index is 754. The third-order valence-electron chi connectivity index (χ3n) is 4.11. The van der Waals surface area contributed by atoms with Crippen LogP contribution in [0.3, 0.4) is 0 Å². The number of aliphatic imine (C=N–C) groups is 1. The Hall–Kier alpha value is -2.39. The first kappa shape index (κ1) is 21.9. The van der Waals surface area contributed by atoms with Crippen molar-refractivity contribution in [1.82, 2.24) is 15.5 Å². The highest BCUT2D eigenvalue weighted by molar-refractivity contribution is 7.10. The fourth-order valence-corrected chi connectivity index (χ4v) is 3.57. The maximum absolute atomic E-state index is 12.7. The lowest BCUT2D eigenvalue weighted by Crippen LogP contribution is -2.41. The van der Waals surface area contributed by atoms with Crippen LogP contribution in [0.1, 0.15) is 16.5 Å². The van der Waals surface area contributed by atoms with Gasteiger partial charge in [-0.3, -0.25) is 4.99 Å². The van der Waals surface area contributed by atoms with Gasteiger partial charge in [-0.1, -0.05) is 6.07 Å². The summed E-state index contributed by atoms with van der Waals surface area (Å²) in [5.74, 6) is 1.23. The van der Waals surface area contributed by atoms with Crippen molar-refractivity contribution in [2.75, 3.05) is 34.8 Å². The molecule has 0 spiro atoms. The van der Waals surface area contributed by atoms with Crippen molar-refractivity contribution < 1.29 is 18.3 Å². The average molecular weight is 413 g/mol. The Labute approximate surface area is 168 Å². The van der Waals surface area contributed by atoms with E-state index < -0.39 is 6.61 Å². The number of guanidine groups is 1. The van der Waals surface area contributed by atoms with Gasteiger partial charge in [0.15, 0.2) is 5.96 Å². The number of alkyl halides is 2. The Morgan fingerprint density at radius 2 is 2.04 bits per heavy atom. The largest absolute Gasteiger partial charge is 0.497 e. The van der Waals surface area contributed by atoms with Crippen LogP contribution in [-0.2, 0) is 6.54 Å². The van der Waals surface area contributed by atoms with Gasteiger partial charge >= 0.3 is 6.61 Å². The zero-order valence-electron chi connectivity index (χ0n) is 16.4. The van der Waals surface area contributed by atoms with Gasteiger partial charge in [-0.2, -0.15) is 8.78 Å². The van der Waals surface area contributed by atoms with E-state index in [0.717, 1.165) is 0 Å². The summed E-state index contributed by atoms with van der Waals surface area (Å²) in [6, 6.07) is 9.02. The van der Waals surface area contributed by atoms with Gasteiger partial charge in [0, 0.05) is 30.6 Å². The zero-order valence-corrected chi connectivity index (χ0v) is 17.2. The van der Waals surface area contributed by atoms with Gasteiger partial charge < -0.3 is 25.0 Å². The number of halogens is 2. The highest BCUT2D eigenvalue weighted by Crippen LogP contribution is 2.26. The first-order chi connectivity index (χ1) is 13.4. The third-order valence-corrected chi connectivity index (χ3v) is 5.08. The Morgan fingerprint density at radius 1 is 1.25 bits per heavy atom. The molecule has 1 aromatic heterocycles. The van der Waals surface area contributed by atoms with E-state index in [9.17, 15) is 8.78 Å². The molecular weight excluding hydrogens is 386 g/mol. The first-order valence-electron chi connectivity index (χ1n) is 8.70. The van der Waals surface area contributed by atoms with Gasteiger partial charge in [-0.15, -0.1) is 11.3 Å². The number of nitrogens with zero attached hydrogens (tertiary/aromatic N) is 2. The van der Waals surface area contributed by atoms with Crippen LogP contribution in [-0.4, -0.2) is 52.3 Å². The minimum Gasteiger partial charge on any atom is -0.497 e. The summed E-state index contributed by atoms with van der Waals surface area (Å²) < 4.78 is 35.1. The lowest BCUT2D eigenvalue weighted by atomic mass is 10.2. The normalized spacial score (nSPS) is 12.9. The number of rotatable bonds is 9. The number of thiophene rings is 1. The Morgan fingerprint density at radius 3 is 2.61 bits per heavy atom. The molecule has 1 atom stereocenters. The molecule has 9 heteroatoms. The van der Waals surface area contributed by atoms with E-state index in [-0.39, 0.29) is 18.3 Å². The Balaban J connectivity index is 2.01. The molecule has 0 bridgehead atoms. The molecule has 1 heterocycles. The molecule has 0 saturated carbocycles. The molecule has 154 valence electrons. The van der Waals surface area contributed by atoms with E-state index in [4.69, 9.17) is 4.74 Å². The first-order valence-corrected chi connectivity index (χ1v) is 9.58. The van der Waals surface area contributed by atoms with Crippen molar-refractivity contribution in [3.8, 4) is 11.5 Å². The van der Waals surface area contributed by atoms with E-state index in [2.05, 4.69) is 31.3 Å². The van der Waals surface area contributed by atoms with Gasteiger partial charge in [0.25, 0.3) is 0 Å². The molecular formula is C19H26F2N4O2S. The van der Waals surface area contributed by atoms with Crippen LogP contribution >= 0.6 is 11.3 Å². The van der Waals surface area contributed by atoms with Crippen LogP contribution in [0.2, 0.25) is 0 Å². The maximum Gasteiger partial charge on any atom is 0.387 e. The molecule has 28 heavy (non-hydrogen) atoms. The molecule has 0 fully saturated rings. The summed E-state index contributed by atoms with van der Waals surface area (Å²) >= 11 is 1.70. The molecule has 0 aliphatic heterocycles. The topological polar surface area (TPSA) is 58.1 Å². The standard InChI is InChI=1S/C19H26F2N4O2S/c1-22-19(24-12-15(25(2)3)17-6-5-9-28-17)23-11-13-10-14(26-4)7-8-16(13)27-18(20)21/h5-10,15,18H,11-12H2,1-4H3,(H2,22,23,24). The summed E-state index contributed by atoms with van der Waals surface area (Å²) in [7, 11) is 7.22. The number of hydrogen-bond acceptors (Lipinski definition) is 5. The number of ether oxygens (including phenoxy) is 2. The van der Waals surface area contributed by atoms with Crippen molar-refractivity contribution in [3.05, 3.63) is 46.2 Å². The smallest absolute Gasteiger partial charge is 0.387 e. The van der Waals surface area contributed by atoms with Crippen molar-refractivity contribution in [3.63, 3.8) is 0 Å². The second-order valence-electron chi connectivity index (χ2n) is 6.15. The molecule has 1 aromatic carbocycles. The van der Waals surface area contributed by atoms with E-state index in [1.54, 1.807) is 30.5 Å². The van der Waals surface area contributed by atoms with Gasteiger partial charge in [0.1, 0.15) is 11.5 Å². The summed E-state index contributed by atoms with van der Waals surface area (Å²) in [5.41, 5.74) is 0.546. The summed E-state index contributed by atoms with van der Waals surface area (Å²) in [4.78, 5) is 7.58. The number of likely N-dealkylation sites (N-methyl/N-ethyl adjacent to an activating group) is 1. The van der Waals surface area contributed by atoms with Crippen LogP contribution in [0.5, 0.6) is 11.5 Å². The van der Waals surface area contributed by atoms with Crippen LogP contribution in [0, 0.1) is 0 Å². The highest BCUT2D eigenvalue weighted by atomic mass is 32.1. The molecule has 0 radical (unpaired) electrons. The number of hydrogen-bond donors (Lipinski definition) is 2. The van der Waals surface area contributed by atoms with Crippen molar-refractivity contribution in [2.24, 2.45) is 4.99 Å². The lowest BCUT2D eigenvalue weighted by molar-refractivity contribution is -0.0504. The second kappa shape index (κ2) is 10.8. The third kappa shape index (κ3) is 6.35. The average Bonchev–Trinajstić information content (AvgIpc) is 3.19. The van der Waals surface area contributed by atoms with Crippen LogP contribution in [0.4, 0.5) is 8.78 Å². The predicted molar refractivity (Wildman–Crippen MR) is 109 cm³/mol. The summed E-state index contributed by atoms with van der Waals surface area (Å²) in [6.07, 6.45) is 0. The van der Waals surface area contributed by atoms with Crippen molar-refractivity contribution in [2.45, 2.75) is 19.2 Å². The minimum absolute atomic E-state index is 0.100. The van der Waals surface area contributed by atoms with Crippen molar-refractivity contribution in [1.29, 1.82) is 0 Å². The fraction of sp³-hybridized carbons (Fsp3) is 0.421. The molecule has 2 rings (SSSR count). The minimum atomic E-state index is -2.89. The fourth-order valence-electron chi connectivity index (χ4n) is 2.64. The second-order valence-corrected chi connectivity index (χ2v) is 7.13. The van der Waals surface area contributed by atoms with Crippen LogP contribution < -0.4 is 20.1 Å². The van der Waals surface area contributed by atoms with Crippen LogP contribution in [0.25, 0.3) is 0 Å². The van der Waals surface area contributed by atoms with Crippen molar-refractivity contribution >= 4 is 17.3 Å². The molecule has 0 amide bonds. The molecule has 0 aliphatic rings. The van der Waals surface area contributed by atoms with Gasteiger partial charge in [0.2, 0.25) is 0 Å². The molecule has 1 unspecified atom stereocenters. The number of methoxy groups -OCH3 is 1. The summed E-state index contributed by atoms with van der Waals surface area (Å²) in [6.45, 7) is -1.99. The summed E-state index contributed by atoms with van der Waals surface area (Å²) in [5, 5.41) is 8.46. The van der Waals surface area contributed by atoms with Gasteiger partial charge in [-0.05, 0) is 43.7 Å². The molecule has 2 N–H and O–H groups in total.